The van der Waals surface area contributed by atoms with Gasteiger partial charge in [-0.2, -0.15) is 0 Å². The number of hydrogen-bond donors (Lipinski definition) is 0. The van der Waals surface area contributed by atoms with E-state index in [0.717, 1.165) is 10.3 Å². The topological polar surface area (TPSA) is 12.9 Å². The lowest BCUT2D eigenvalue weighted by molar-refractivity contribution is 0.405. The van der Waals surface area contributed by atoms with Crippen molar-refractivity contribution in [3.63, 3.8) is 0 Å². The number of rotatable bonds is 2. The first-order chi connectivity index (χ1) is 13.4. The molecule has 1 aromatic carbocycles. The van der Waals surface area contributed by atoms with E-state index < -0.39 is 0 Å². The van der Waals surface area contributed by atoms with E-state index in [9.17, 15) is 0 Å². The normalized spacial score (nSPS) is 22.6. The highest BCUT2D eigenvalue weighted by Crippen LogP contribution is 2.56. The Balaban J connectivity index is 1.64. The fourth-order valence-electron chi connectivity index (χ4n) is 5.39. The zero-order valence-electron chi connectivity index (χ0n) is 16.8. The number of allylic oxidation sites excluding steroid dienone is 6. The third-order valence-corrected chi connectivity index (χ3v) is 7.15. The highest BCUT2D eigenvalue weighted by Gasteiger charge is 2.42. The molecule has 2 heteroatoms. The summed E-state index contributed by atoms with van der Waals surface area (Å²) >= 11 is 3.55. The van der Waals surface area contributed by atoms with Gasteiger partial charge in [0.2, 0.25) is 0 Å². The third kappa shape index (κ3) is 2.47. The smallest absolute Gasteiger partial charge is 0.106 e. The number of halogens is 1. The number of aromatic nitrogens is 1. The number of fused-ring (bicyclic) bond motifs is 3. The SMILES string of the molecule is CC1=C(C(C)(C)C2C=Cc3ccccc32)C2=Cc3nc(Br)ccc3C(C)C2=C1. The Bertz CT molecular complexity index is 1130. The van der Waals surface area contributed by atoms with Crippen molar-refractivity contribution in [1.82, 2.24) is 4.98 Å². The fourth-order valence-corrected chi connectivity index (χ4v) is 5.71. The third-order valence-electron chi connectivity index (χ3n) is 6.71. The number of pyridine rings is 1. The monoisotopic (exact) mass is 429 g/mol. The van der Waals surface area contributed by atoms with Crippen LogP contribution in [0.3, 0.4) is 0 Å². The molecule has 5 rings (SSSR count). The van der Waals surface area contributed by atoms with Crippen molar-refractivity contribution < 1.29 is 0 Å². The molecule has 2 aromatic rings. The molecule has 3 aliphatic rings. The first-order valence-electron chi connectivity index (χ1n) is 9.97. The lowest BCUT2D eigenvalue weighted by Gasteiger charge is -2.37. The second-order valence-electron chi connectivity index (χ2n) is 8.73. The Morgan fingerprint density at radius 1 is 1.00 bits per heavy atom. The molecule has 0 saturated heterocycles. The molecule has 0 saturated carbocycles. The van der Waals surface area contributed by atoms with Crippen LogP contribution in [0.1, 0.15) is 61.9 Å². The van der Waals surface area contributed by atoms with Gasteiger partial charge in [-0.05, 0) is 74.0 Å². The summed E-state index contributed by atoms with van der Waals surface area (Å²) in [4.78, 5) is 4.78. The van der Waals surface area contributed by atoms with Crippen LogP contribution in [0.15, 0.2) is 75.4 Å². The van der Waals surface area contributed by atoms with Crippen LogP contribution in [-0.2, 0) is 0 Å². The van der Waals surface area contributed by atoms with Gasteiger partial charge < -0.3 is 0 Å². The van der Waals surface area contributed by atoms with Crippen molar-refractivity contribution in [2.24, 2.45) is 5.41 Å². The number of nitrogens with zero attached hydrogens (tertiary/aromatic N) is 1. The van der Waals surface area contributed by atoms with Gasteiger partial charge in [-0.25, -0.2) is 4.98 Å². The molecule has 2 unspecified atom stereocenters. The van der Waals surface area contributed by atoms with Crippen molar-refractivity contribution in [1.29, 1.82) is 0 Å². The minimum Gasteiger partial charge on any atom is -0.241 e. The van der Waals surface area contributed by atoms with Crippen LogP contribution < -0.4 is 0 Å². The van der Waals surface area contributed by atoms with Crippen molar-refractivity contribution >= 4 is 28.1 Å². The summed E-state index contributed by atoms with van der Waals surface area (Å²) in [6.07, 6.45) is 9.39. The summed E-state index contributed by atoms with van der Waals surface area (Å²) in [5, 5.41) is 0. The fraction of sp³-hybridized carbons (Fsp3) is 0.269. The van der Waals surface area contributed by atoms with Gasteiger partial charge in [0.15, 0.2) is 0 Å². The molecule has 1 heterocycles. The first kappa shape index (κ1) is 17.9. The molecule has 140 valence electrons. The van der Waals surface area contributed by atoms with Crippen LogP contribution in [0.5, 0.6) is 0 Å². The zero-order chi connectivity index (χ0) is 19.6. The van der Waals surface area contributed by atoms with Crippen LogP contribution in [-0.4, -0.2) is 4.98 Å². The van der Waals surface area contributed by atoms with Gasteiger partial charge in [-0.3, -0.25) is 0 Å². The average molecular weight is 430 g/mol. The number of benzene rings is 1. The van der Waals surface area contributed by atoms with Crippen LogP contribution >= 0.6 is 15.9 Å². The molecule has 0 bridgehead atoms. The van der Waals surface area contributed by atoms with Crippen molar-refractivity contribution in [2.75, 3.05) is 0 Å². The van der Waals surface area contributed by atoms with Crippen LogP contribution in [0.2, 0.25) is 0 Å². The van der Waals surface area contributed by atoms with E-state index in [1.54, 1.807) is 0 Å². The molecule has 0 fully saturated rings. The molecule has 0 N–H and O–H groups in total. The number of hydrogen-bond acceptors (Lipinski definition) is 1. The first-order valence-corrected chi connectivity index (χ1v) is 10.8. The maximum Gasteiger partial charge on any atom is 0.106 e. The Morgan fingerprint density at radius 3 is 2.61 bits per heavy atom. The van der Waals surface area contributed by atoms with E-state index in [1.165, 1.54) is 39.0 Å². The van der Waals surface area contributed by atoms with E-state index in [0.29, 0.717) is 11.8 Å². The lowest BCUT2D eigenvalue weighted by atomic mass is 9.66. The average Bonchev–Trinajstić information content (AvgIpc) is 3.23. The molecule has 28 heavy (non-hydrogen) atoms. The molecule has 2 atom stereocenters. The summed E-state index contributed by atoms with van der Waals surface area (Å²) in [7, 11) is 0. The minimum absolute atomic E-state index is 0.000502. The van der Waals surface area contributed by atoms with Crippen LogP contribution in [0.25, 0.3) is 12.2 Å². The van der Waals surface area contributed by atoms with Gasteiger partial charge in [-0.15, -0.1) is 0 Å². The van der Waals surface area contributed by atoms with Gasteiger partial charge in [0.1, 0.15) is 4.60 Å². The van der Waals surface area contributed by atoms with Gasteiger partial charge in [0.25, 0.3) is 0 Å². The predicted octanol–water partition coefficient (Wildman–Crippen LogP) is 7.44. The van der Waals surface area contributed by atoms with Crippen molar-refractivity contribution in [3.05, 3.63) is 97.8 Å². The molecular formula is C26H24BrN. The summed E-state index contributed by atoms with van der Waals surface area (Å²) in [6, 6.07) is 13.1. The van der Waals surface area contributed by atoms with Gasteiger partial charge in [0, 0.05) is 17.3 Å². The highest BCUT2D eigenvalue weighted by atomic mass is 79.9. The predicted molar refractivity (Wildman–Crippen MR) is 121 cm³/mol. The molecule has 0 amide bonds. The molecule has 0 radical (unpaired) electrons. The van der Waals surface area contributed by atoms with Gasteiger partial charge in [0.05, 0.1) is 5.69 Å². The Kier molecular flexibility index (Phi) is 3.93. The Hall–Kier alpha value is -2.19. The van der Waals surface area contributed by atoms with Gasteiger partial charge in [-0.1, -0.05) is 69.3 Å². The maximum absolute atomic E-state index is 4.78. The molecule has 0 aliphatic heterocycles. The van der Waals surface area contributed by atoms with E-state index in [2.05, 4.69) is 104 Å². The van der Waals surface area contributed by atoms with Crippen LogP contribution in [0, 0.1) is 5.41 Å². The van der Waals surface area contributed by atoms with Crippen molar-refractivity contribution in [2.45, 2.75) is 39.5 Å². The second-order valence-corrected chi connectivity index (χ2v) is 9.55. The molecule has 3 aliphatic carbocycles. The quantitative estimate of drug-likeness (QED) is 0.451. The standard InChI is InChI=1S/C26H24BrN/c1-15-13-20-16(2)18-10-12-24(27)28-23(18)14-21(20)25(15)26(3,4)22-11-9-17-7-5-6-8-19(17)22/h5-14,16,22H,1-4H3. The lowest BCUT2D eigenvalue weighted by Crippen LogP contribution is -2.25. The minimum atomic E-state index is 0.000502. The second kappa shape index (κ2) is 6.15. The van der Waals surface area contributed by atoms with E-state index in [1.807, 2.05) is 0 Å². The zero-order valence-corrected chi connectivity index (χ0v) is 18.3. The molecule has 1 nitrogen and oxygen atoms in total. The summed E-state index contributed by atoms with van der Waals surface area (Å²) < 4.78 is 0.898. The molecular weight excluding hydrogens is 406 g/mol. The Labute approximate surface area is 175 Å². The van der Waals surface area contributed by atoms with E-state index in [4.69, 9.17) is 4.98 Å². The summed E-state index contributed by atoms with van der Waals surface area (Å²) in [6.45, 7) is 9.37. The summed E-state index contributed by atoms with van der Waals surface area (Å²) in [5.41, 5.74) is 10.9. The molecule has 0 spiro atoms. The maximum atomic E-state index is 4.78. The molecule has 1 aromatic heterocycles. The van der Waals surface area contributed by atoms with Crippen molar-refractivity contribution in [3.8, 4) is 0 Å². The Morgan fingerprint density at radius 2 is 1.79 bits per heavy atom. The highest BCUT2D eigenvalue weighted by molar-refractivity contribution is 9.10. The van der Waals surface area contributed by atoms with Crippen LogP contribution in [0.4, 0.5) is 0 Å². The van der Waals surface area contributed by atoms with Gasteiger partial charge >= 0.3 is 0 Å². The van der Waals surface area contributed by atoms with E-state index in [-0.39, 0.29) is 5.41 Å². The van der Waals surface area contributed by atoms with E-state index >= 15 is 0 Å². The largest absolute Gasteiger partial charge is 0.241 e. The summed E-state index contributed by atoms with van der Waals surface area (Å²) in [5.74, 6) is 0.750.